The van der Waals surface area contributed by atoms with Gasteiger partial charge in [0.25, 0.3) is 0 Å². The van der Waals surface area contributed by atoms with Crippen LogP contribution in [0.4, 0.5) is 5.69 Å². The Kier molecular flexibility index (Phi) is 10.1. The molecule has 2 aromatic carbocycles. The molecular weight excluding hydrogens is 599 g/mol. The van der Waals surface area contributed by atoms with Gasteiger partial charge in [-0.15, -0.1) is 10.2 Å². The molecule has 14 heteroatoms. The summed E-state index contributed by atoms with van der Waals surface area (Å²) in [6, 6.07) is 13.5. The average molecular weight is 636 g/mol. The summed E-state index contributed by atoms with van der Waals surface area (Å²) in [5.74, 6) is 0.367. The van der Waals surface area contributed by atoms with Gasteiger partial charge in [0.15, 0.2) is 0 Å². The third-order valence-corrected chi connectivity index (χ3v) is 10.1. The summed E-state index contributed by atoms with van der Waals surface area (Å²) >= 11 is 12.5. The van der Waals surface area contributed by atoms with E-state index in [9.17, 15) is 13.2 Å². The minimum Gasteiger partial charge on any atom is -0.312 e. The van der Waals surface area contributed by atoms with E-state index in [0.29, 0.717) is 48.3 Å². The molecule has 1 N–H and O–H groups in total. The molecule has 2 saturated heterocycles. The Morgan fingerprint density at radius 2 is 1.67 bits per heavy atom. The van der Waals surface area contributed by atoms with Crippen LogP contribution in [0.5, 0.6) is 0 Å². The molecular formula is C28H36Cl2N8O3S. The monoisotopic (exact) mass is 634 g/mol. The Bertz CT molecular complexity index is 1440. The zero-order chi connectivity index (χ0) is 29.7. The number of rotatable bonds is 10. The Balaban J connectivity index is 1.12. The largest absolute Gasteiger partial charge is 0.312 e. The highest BCUT2D eigenvalue weighted by Crippen LogP contribution is 2.30. The molecule has 5 rings (SSSR count). The second kappa shape index (κ2) is 13.8. The summed E-state index contributed by atoms with van der Waals surface area (Å²) in [6.45, 7) is 6.91. The number of nitrogens with zero attached hydrogens (tertiary/aromatic N) is 7. The topological polar surface area (TPSA) is 119 Å². The fourth-order valence-corrected chi connectivity index (χ4v) is 6.77. The van der Waals surface area contributed by atoms with Gasteiger partial charge >= 0.3 is 0 Å². The molecule has 42 heavy (non-hydrogen) atoms. The number of anilines is 1. The predicted molar refractivity (Wildman–Crippen MR) is 164 cm³/mol. The van der Waals surface area contributed by atoms with Crippen molar-refractivity contribution in [1.29, 1.82) is 0 Å². The van der Waals surface area contributed by atoms with Crippen LogP contribution in [0.1, 0.15) is 24.8 Å². The molecule has 2 aliphatic heterocycles. The molecule has 0 unspecified atom stereocenters. The van der Waals surface area contributed by atoms with E-state index in [-0.39, 0.29) is 11.8 Å². The Hall–Kier alpha value is -2.61. The number of aromatic nitrogens is 4. The van der Waals surface area contributed by atoms with Gasteiger partial charge in [-0.05, 0) is 54.8 Å². The quantitative estimate of drug-likeness (QED) is 0.361. The van der Waals surface area contributed by atoms with Crippen LogP contribution >= 0.6 is 23.2 Å². The van der Waals surface area contributed by atoms with Crippen molar-refractivity contribution in [3.8, 4) is 11.4 Å². The lowest BCUT2D eigenvalue weighted by atomic mass is 9.96. The fraction of sp³-hybridized carbons (Fsp3) is 0.500. The lowest BCUT2D eigenvalue weighted by Gasteiger charge is -2.36. The highest BCUT2D eigenvalue weighted by Gasteiger charge is 2.32. The number of sulfonamides is 1. The lowest BCUT2D eigenvalue weighted by molar-refractivity contribution is -0.123. The van der Waals surface area contributed by atoms with Crippen molar-refractivity contribution in [3.05, 3.63) is 58.1 Å². The molecule has 0 aliphatic carbocycles. The van der Waals surface area contributed by atoms with Gasteiger partial charge in [0.05, 0.1) is 16.3 Å². The summed E-state index contributed by atoms with van der Waals surface area (Å²) in [7, 11) is -3.26. The zero-order valence-corrected chi connectivity index (χ0v) is 26.0. The number of amides is 1. The second-order valence-corrected chi connectivity index (χ2v) is 13.7. The predicted octanol–water partition coefficient (Wildman–Crippen LogP) is 3.39. The third-order valence-electron chi connectivity index (χ3n) is 8.04. The minimum absolute atomic E-state index is 0.0108. The number of hydrogen-bond acceptors (Lipinski definition) is 8. The number of piperazine rings is 1. The summed E-state index contributed by atoms with van der Waals surface area (Å²) < 4.78 is 25.3. The lowest BCUT2D eigenvalue weighted by Crippen LogP contribution is -2.47. The highest BCUT2D eigenvalue weighted by atomic mass is 35.5. The van der Waals surface area contributed by atoms with Gasteiger partial charge in [-0.1, -0.05) is 47.5 Å². The molecule has 0 saturated carbocycles. The van der Waals surface area contributed by atoms with Gasteiger partial charge in [-0.3, -0.25) is 9.69 Å². The van der Waals surface area contributed by atoms with Crippen molar-refractivity contribution in [3.63, 3.8) is 0 Å². The van der Waals surface area contributed by atoms with E-state index in [1.807, 2.05) is 18.2 Å². The number of halogens is 2. The molecule has 11 nitrogen and oxygen atoms in total. The summed E-state index contributed by atoms with van der Waals surface area (Å²) in [5.41, 5.74) is 2.90. The first kappa shape index (κ1) is 30.8. The number of tetrazole rings is 1. The number of aromatic amines is 1. The van der Waals surface area contributed by atoms with Gasteiger partial charge in [-0.2, -0.15) is 5.21 Å². The second-order valence-electron chi connectivity index (χ2n) is 10.9. The molecule has 2 aliphatic rings. The van der Waals surface area contributed by atoms with E-state index in [0.717, 1.165) is 56.9 Å². The third kappa shape index (κ3) is 7.86. The molecule has 0 spiro atoms. The summed E-state index contributed by atoms with van der Waals surface area (Å²) in [5, 5.41) is 15.0. The molecule has 0 radical (unpaired) electrons. The number of benzene rings is 2. The molecule has 1 aromatic heterocycles. The standard InChI is InChI=1S/C28H36Cl2N8O3S/c1-42(40,41)37-13-9-23(10-14-37)28(39)38(24-7-8-25(29)26(30)19-24)12-2-11-35-15-17-36(18-16-35)20-21-3-5-22(6-4-21)27-31-33-34-32-27/h3-8,19,23H,2,9-18,20H2,1H3,(H,31,32,33,34). The van der Waals surface area contributed by atoms with Gasteiger partial charge in [0.1, 0.15) is 0 Å². The smallest absolute Gasteiger partial charge is 0.230 e. The number of carbonyl (C=O) groups is 1. The normalized spacial score (nSPS) is 17.9. The van der Waals surface area contributed by atoms with E-state index >= 15 is 0 Å². The molecule has 0 bridgehead atoms. The van der Waals surface area contributed by atoms with Crippen molar-refractivity contribution in [2.24, 2.45) is 5.92 Å². The van der Waals surface area contributed by atoms with Crippen LogP contribution in [0.25, 0.3) is 11.4 Å². The number of hydrogen-bond donors (Lipinski definition) is 1. The Morgan fingerprint density at radius 3 is 2.29 bits per heavy atom. The van der Waals surface area contributed by atoms with Crippen molar-refractivity contribution < 1.29 is 13.2 Å². The first-order chi connectivity index (χ1) is 20.2. The summed E-state index contributed by atoms with van der Waals surface area (Å²) in [4.78, 5) is 20.4. The molecule has 1 amide bonds. The molecule has 3 heterocycles. The van der Waals surface area contributed by atoms with Crippen LogP contribution in [0.2, 0.25) is 10.0 Å². The maximum absolute atomic E-state index is 13.7. The number of piperidine rings is 1. The summed E-state index contributed by atoms with van der Waals surface area (Å²) in [6.07, 6.45) is 3.04. The van der Waals surface area contributed by atoms with Gasteiger partial charge in [0, 0.05) is 69.5 Å². The molecule has 0 atom stereocenters. The van der Waals surface area contributed by atoms with Crippen molar-refractivity contribution >= 4 is 44.8 Å². The minimum atomic E-state index is -3.26. The number of carbonyl (C=O) groups excluding carboxylic acids is 1. The molecule has 226 valence electrons. The molecule has 3 aromatic rings. The van der Waals surface area contributed by atoms with Crippen LogP contribution in [-0.4, -0.2) is 108 Å². The van der Waals surface area contributed by atoms with Crippen molar-refractivity contribution in [2.75, 3.05) is 63.5 Å². The van der Waals surface area contributed by atoms with E-state index in [4.69, 9.17) is 23.2 Å². The zero-order valence-electron chi connectivity index (χ0n) is 23.6. The van der Waals surface area contributed by atoms with E-state index in [1.165, 1.54) is 16.1 Å². The first-order valence-corrected chi connectivity index (χ1v) is 16.8. The maximum Gasteiger partial charge on any atom is 0.230 e. The maximum atomic E-state index is 13.7. The fourth-order valence-electron chi connectivity index (χ4n) is 5.60. The van der Waals surface area contributed by atoms with Crippen LogP contribution in [0.15, 0.2) is 42.5 Å². The van der Waals surface area contributed by atoms with Gasteiger partial charge < -0.3 is 9.80 Å². The van der Waals surface area contributed by atoms with Crippen LogP contribution in [-0.2, 0) is 21.4 Å². The number of nitrogens with one attached hydrogen (secondary N) is 1. The Labute approximate surface area is 256 Å². The van der Waals surface area contributed by atoms with Gasteiger partial charge in [-0.25, -0.2) is 12.7 Å². The SMILES string of the molecule is CS(=O)(=O)N1CCC(C(=O)N(CCCN2CCN(Cc3ccc(-c4nn[nH]n4)cc3)CC2)c2ccc(Cl)c(Cl)c2)CC1. The highest BCUT2D eigenvalue weighted by molar-refractivity contribution is 7.88. The van der Waals surface area contributed by atoms with Crippen molar-refractivity contribution in [2.45, 2.75) is 25.8 Å². The number of H-pyrrole nitrogens is 1. The van der Waals surface area contributed by atoms with E-state index < -0.39 is 10.0 Å². The Morgan fingerprint density at radius 1 is 0.976 bits per heavy atom. The van der Waals surface area contributed by atoms with Crippen LogP contribution in [0, 0.1) is 5.92 Å². The molecule has 2 fully saturated rings. The van der Waals surface area contributed by atoms with E-state index in [1.54, 1.807) is 17.0 Å². The van der Waals surface area contributed by atoms with Crippen molar-refractivity contribution in [1.82, 2.24) is 34.7 Å². The van der Waals surface area contributed by atoms with Crippen LogP contribution < -0.4 is 4.90 Å². The average Bonchev–Trinajstić information content (AvgIpc) is 3.53. The van der Waals surface area contributed by atoms with E-state index in [2.05, 4.69) is 42.6 Å². The first-order valence-electron chi connectivity index (χ1n) is 14.2. The van der Waals surface area contributed by atoms with Crippen LogP contribution in [0.3, 0.4) is 0 Å². The van der Waals surface area contributed by atoms with Gasteiger partial charge in [0.2, 0.25) is 21.8 Å².